The predicted octanol–water partition coefficient (Wildman–Crippen LogP) is 8.58. The van der Waals surface area contributed by atoms with Gasteiger partial charge in [0.1, 0.15) is 17.1 Å². The zero-order valence-electron chi connectivity index (χ0n) is 29.3. The predicted molar refractivity (Wildman–Crippen MR) is 204 cm³/mol. The number of aromatic hydroxyl groups is 1. The molecule has 5 aromatic carbocycles. The van der Waals surface area contributed by atoms with Crippen LogP contribution in [0.1, 0.15) is 31.2 Å². The van der Waals surface area contributed by atoms with Crippen molar-refractivity contribution >= 4 is 68.5 Å². The maximum Gasteiger partial charge on any atom is 0.241 e. The van der Waals surface area contributed by atoms with Crippen molar-refractivity contribution in [2.45, 2.75) is 25.7 Å². The molecule has 9 nitrogen and oxygen atoms in total. The number of hydrogen-bond acceptors (Lipinski definition) is 7. The summed E-state index contributed by atoms with van der Waals surface area (Å²) in [6.07, 6.45) is 2.40. The number of nitrogens with zero attached hydrogens (tertiary/aromatic N) is 3. The smallest absolute Gasteiger partial charge is 0.241 e. The molecular weight excluding hydrogens is 721 g/mol. The molecule has 0 unspecified atom stereocenters. The van der Waals surface area contributed by atoms with E-state index in [0.717, 1.165) is 22.1 Å². The molecule has 2 aliphatic carbocycles. The van der Waals surface area contributed by atoms with Gasteiger partial charge in [-0.2, -0.15) is 0 Å². The molecular formula is C44H31ClFN3O6. The summed E-state index contributed by atoms with van der Waals surface area (Å²) in [5.41, 5.74) is 2.82. The SMILES string of the molecule is C[C@@]12C(=O)N(c3ccc(F)c(Cl)c3)C(=O)[C@@H]1C[C@@H]1C(=CC[C@@H]3C(=O)N(c4ccc(-c5nc6ccccc6o5)cc4)C(=O)[C@@H]31)[C@@H]2c1ccc(O)c2ccccc12. The third-order valence-electron chi connectivity index (χ3n) is 12.3. The number of anilines is 2. The first-order chi connectivity index (χ1) is 26.6. The highest BCUT2D eigenvalue weighted by atomic mass is 35.5. The molecule has 0 spiro atoms. The number of hydrogen-bond donors (Lipinski definition) is 1. The topological polar surface area (TPSA) is 121 Å². The van der Waals surface area contributed by atoms with Crippen molar-refractivity contribution in [3.63, 3.8) is 0 Å². The lowest BCUT2D eigenvalue weighted by molar-refractivity contribution is -0.131. The highest BCUT2D eigenvalue weighted by Crippen LogP contribution is 2.64. The Morgan fingerprint density at radius 3 is 2.31 bits per heavy atom. The Kier molecular flexibility index (Phi) is 7.26. The number of benzene rings is 5. The van der Waals surface area contributed by atoms with E-state index in [9.17, 15) is 28.7 Å². The Morgan fingerprint density at radius 2 is 1.55 bits per heavy atom. The summed E-state index contributed by atoms with van der Waals surface area (Å²) in [7, 11) is 0. The van der Waals surface area contributed by atoms with E-state index in [2.05, 4.69) is 4.98 Å². The Morgan fingerprint density at radius 1 is 0.818 bits per heavy atom. The maximum absolute atomic E-state index is 14.8. The number of halogens is 2. The van der Waals surface area contributed by atoms with Crippen molar-refractivity contribution in [2.24, 2.45) is 29.1 Å². The summed E-state index contributed by atoms with van der Waals surface area (Å²) in [5, 5.41) is 11.9. The van der Waals surface area contributed by atoms with Crippen molar-refractivity contribution in [1.82, 2.24) is 4.98 Å². The van der Waals surface area contributed by atoms with E-state index in [4.69, 9.17) is 16.0 Å². The van der Waals surface area contributed by atoms with E-state index in [1.165, 1.54) is 17.0 Å². The molecule has 1 N–H and O–H groups in total. The van der Waals surface area contributed by atoms with E-state index in [1.807, 2.05) is 48.5 Å². The van der Waals surface area contributed by atoms with E-state index >= 15 is 0 Å². The van der Waals surface area contributed by atoms with Crippen molar-refractivity contribution < 1.29 is 33.1 Å². The van der Waals surface area contributed by atoms with Gasteiger partial charge in [0.15, 0.2) is 5.58 Å². The lowest BCUT2D eigenvalue weighted by Gasteiger charge is -2.49. The highest BCUT2D eigenvalue weighted by molar-refractivity contribution is 6.32. The molecule has 11 heteroatoms. The molecule has 6 atom stereocenters. The van der Waals surface area contributed by atoms with Crippen LogP contribution < -0.4 is 9.80 Å². The third-order valence-corrected chi connectivity index (χ3v) is 12.6. The van der Waals surface area contributed by atoms with Crippen LogP contribution in [0, 0.1) is 34.9 Å². The minimum atomic E-state index is -1.33. The summed E-state index contributed by atoms with van der Waals surface area (Å²) in [6, 6.07) is 28.8. The number of imide groups is 2. The molecule has 272 valence electrons. The number of para-hydroxylation sites is 2. The molecule has 3 fully saturated rings. The second-order valence-corrected chi connectivity index (χ2v) is 15.4. The van der Waals surface area contributed by atoms with Gasteiger partial charge in [-0.25, -0.2) is 14.3 Å². The van der Waals surface area contributed by atoms with Gasteiger partial charge in [0.05, 0.1) is 39.6 Å². The zero-order chi connectivity index (χ0) is 37.9. The van der Waals surface area contributed by atoms with E-state index in [0.29, 0.717) is 39.0 Å². The first-order valence-electron chi connectivity index (χ1n) is 18.1. The van der Waals surface area contributed by atoms with E-state index in [-0.39, 0.29) is 41.1 Å². The Labute approximate surface area is 318 Å². The van der Waals surface area contributed by atoms with Gasteiger partial charge >= 0.3 is 0 Å². The Balaban J connectivity index is 1.07. The summed E-state index contributed by atoms with van der Waals surface area (Å²) in [5.74, 6) is -5.43. The molecule has 6 aromatic rings. The number of phenols is 1. The van der Waals surface area contributed by atoms with Crippen molar-refractivity contribution in [3.05, 3.63) is 131 Å². The molecule has 1 aromatic heterocycles. The lowest BCUT2D eigenvalue weighted by Crippen LogP contribution is -2.49. The van der Waals surface area contributed by atoms with Gasteiger partial charge in [0.2, 0.25) is 29.5 Å². The summed E-state index contributed by atoms with van der Waals surface area (Å²) >= 11 is 6.15. The molecule has 2 aliphatic heterocycles. The van der Waals surface area contributed by atoms with Crippen molar-refractivity contribution in [3.8, 4) is 17.2 Å². The second-order valence-electron chi connectivity index (χ2n) is 15.0. The van der Waals surface area contributed by atoms with Gasteiger partial charge < -0.3 is 9.52 Å². The monoisotopic (exact) mass is 751 g/mol. The maximum atomic E-state index is 14.8. The standard InChI is InChI=1S/C44H31ClFN3O6/c1-44-31(41(52)49(43(44)54)24-14-18-33(46)32(45)20-24)21-30-28(38(44)27-17-19-35(50)26-7-3-2-6-25(26)27)15-16-29-37(30)42(53)48(40(29)51)23-12-10-22(11-13-23)39-47-34-8-4-5-9-36(34)55-39/h2-15,17-20,29-31,37-38,50H,16,21H2,1H3/t29-,30+,31-,37-,38-,44+/m0/s1. The Bertz CT molecular complexity index is 2670. The van der Waals surface area contributed by atoms with Crippen LogP contribution in [0.5, 0.6) is 5.75 Å². The van der Waals surface area contributed by atoms with Gasteiger partial charge in [-0.15, -0.1) is 0 Å². The largest absolute Gasteiger partial charge is 0.507 e. The molecule has 0 bridgehead atoms. The average molecular weight is 752 g/mol. The fraction of sp³-hybridized carbons (Fsp3) is 0.205. The molecule has 0 radical (unpaired) electrons. The highest BCUT2D eigenvalue weighted by Gasteiger charge is 2.67. The van der Waals surface area contributed by atoms with Gasteiger partial charge in [0, 0.05) is 16.9 Å². The molecule has 55 heavy (non-hydrogen) atoms. The first-order valence-corrected chi connectivity index (χ1v) is 18.5. The Hall–Kier alpha value is -6.13. The number of rotatable bonds is 4. The number of oxazole rings is 1. The molecule has 3 heterocycles. The van der Waals surface area contributed by atoms with Gasteiger partial charge in [0.25, 0.3) is 0 Å². The zero-order valence-corrected chi connectivity index (χ0v) is 30.0. The minimum Gasteiger partial charge on any atom is -0.507 e. The lowest BCUT2D eigenvalue weighted by atomic mass is 9.51. The number of fused-ring (bicyclic) bond motifs is 6. The van der Waals surface area contributed by atoms with Crippen LogP contribution in [-0.2, 0) is 19.2 Å². The fourth-order valence-electron chi connectivity index (χ4n) is 9.79. The second kappa shape index (κ2) is 11.9. The first kappa shape index (κ1) is 33.4. The minimum absolute atomic E-state index is 0.0665. The van der Waals surface area contributed by atoms with Crippen LogP contribution in [-0.4, -0.2) is 33.7 Å². The number of carbonyl (C=O) groups excluding carboxylic acids is 4. The van der Waals surface area contributed by atoms with Crippen LogP contribution in [0.4, 0.5) is 15.8 Å². The van der Waals surface area contributed by atoms with Crippen LogP contribution in [0.15, 0.2) is 119 Å². The third kappa shape index (κ3) is 4.67. The molecule has 10 rings (SSSR count). The molecule has 2 saturated heterocycles. The summed E-state index contributed by atoms with van der Waals surface area (Å²) in [4.78, 5) is 65.2. The average Bonchev–Trinajstić information content (AvgIpc) is 3.80. The molecule has 4 aliphatic rings. The van der Waals surface area contributed by atoms with Crippen LogP contribution in [0.3, 0.4) is 0 Å². The van der Waals surface area contributed by atoms with Crippen LogP contribution in [0.2, 0.25) is 5.02 Å². The molecule has 1 saturated carbocycles. The van der Waals surface area contributed by atoms with Gasteiger partial charge in [-0.05, 0) is 97.3 Å². The number of carbonyl (C=O) groups is 4. The van der Waals surface area contributed by atoms with Crippen molar-refractivity contribution in [2.75, 3.05) is 9.80 Å². The van der Waals surface area contributed by atoms with Crippen LogP contribution in [0.25, 0.3) is 33.3 Å². The quantitative estimate of drug-likeness (QED) is 0.142. The summed E-state index contributed by atoms with van der Waals surface area (Å²) in [6.45, 7) is 1.78. The van der Waals surface area contributed by atoms with Crippen LogP contribution >= 0.6 is 11.6 Å². The molecule has 4 amide bonds. The fourth-order valence-corrected chi connectivity index (χ4v) is 9.97. The number of allylic oxidation sites excluding steroid dienone is 2. The van der Waals surface area contributed by atoms with Gasteiger partial charge in [-0.3, -0.25) is 24.1 Å². The van der Waals surface area contributed by atoms with Gasteiger partial charge in [-0.1, -0.05) is 65.7 Å². The summed E-state index contributed by atoms with van der Waals surface area (Å²) < 4.78 is 20.2. The van der Waals surface area contributed by atoms with E-state index < -0.39 is 52.6 Å². The van der Waals surface area contributed by atoms with E-state index in [1.54, 1.807) is 49.4 Å². The number of amides is 4. The van der Waals surface area contributed by atoms with Crippen molar-refractivity contribution in [1.29, 1.82) is 0 Å². The normalized spacial score (nSPS) is 26.1. The number of aromatic nitrogens is 1. The number of phenolic OH excluding ortho intramolecular Hbond substituents is 1.